The smallest absolute Gasteiger partial charge is 0.254 e. The summed E-state index contributed by atoms with van der Waals surface area (Å²) < 4.78 is 10.7. The van der Waals surface area contributed by atoms with Gasteiger partial charge in [-0.1, -0.05) is 0 Å². The van der Waals surface area contributed by atoms with Gasteiger partial charge >= 0.3 is 0 Å². The Morgan fingerprint density at radius 1 is 0.935 bits per heavy atom. The van der Waals surface area contributed by atoms with Gasteiger partial charge in [-0.15, -0.1) is 0 Å². The van der Waals surface area contributed by atoms with Crippen molar-refractivity contribution in [1.29, 1.82) is 0 Å². The van der Waals surface area contributed by atoms with Crippen LogP contribution in [0.15, 0.2) is 55.0 Å². The minimum atomic E-state index is 0.0142. The minimum absolute atomic E-state index is 0.0142. The maximum Gasteiger partial charge on any atom is 0.254 e. The zero-order chi connectivity index (χ0) is 30.9. The quantitative estimate of drug-likeness (QED) is 0.273. The molecular weight excluding hydrogens is 578 g/mol. The van der Waals surface area contributed by atoms with Crippen LogP contribution in [-0.2, 0) is 13.1 Å². The molecule has 11 heteroatoms. The predicted molar refractivity (Wildman–Crippen MR) is 176 cm³/mol. The maximum atomic E-state index is 14.0. The maximum absolute atomic E-state index is 14.0. The Labute approximate surface area is 267 Å². The van der Waals surface area contributed by atoms with Gasteiger partial charge in [-0.2, -0.15) is 0 Å². The second kappa shape index (κ2) is 10.8. The Morgan fingerprint density at radius 3 is 2.52 bits per heavy atom. The van der Waals surface area contributed by atoms with Crippen LogP contribution in [0.1, 0.15) is 42.5 Å². The highest BCUT2D eigenvalue weighted by atomic mass is 16.5. The number of imidazole rings is 1. The molecule has 2 aliphatic carbocycles. The van der Waals surface area contributed by atoms with Gasteiger partial charge in [0, 0.05) is 74.3 Å². The second-order valence-electron chi connectivity index (χ2n) is 13.7. The Hall–Kier alpha value is -4.51. The number of ether oxygens (including phenoxy) is 1. The number of hydrogen-bond donors (Lipinski definition) is 1. The summed E-state index contributed by atoms with van der Waals surface area (Å²) in [6.45, 7) is 4.15. The fourth-order valence-electron chi connectivity index (χ4n) is 8.22. The van der Waals surface area contributed by atoms with E-state index in [1.54, 1.807) is 19.5 Å². The van der Waals surface area contributed by atoms with Crippen LogP contribution < -0.4 is 15.4 Å². The first kappa shape index (κ1) is 27.8. The molecule has 0 unspecified atom stereocenters. The molecule has 9 rings (SSSR count). The Balaban J connectivity index is 1.16. The fourth-order valence-corrected chi connectivity index (χ4v) is 8.22. The number of anilines is 1. The minimum Gasteiger partial charge on any atom is -0.494 e. The number of nitrogens with zero attached hydrogens (tertiary/aromatic N) is 8. The van der Waals surface area contributed by atoms with Crippen LogP contribution in [-0.4, -0.2) is 78.7 Å². The third-order valence-corrected chi connectivity index (χ3v) is 10.8. The molecule has 46 heavy (non-hydrogen) atoms. The van der Waals surface area contributed by atoms with Crippen molar-refractivity contribution in [3.63, 3.8) is 0 Å². The number of amides is 1. The van der Waals surface area contributed by atoms with Gasteiger partial charge in [-0.25, -0.2) is 19.9 Å². The normalized spacial score (nSPS) is 24.1. The average Bonchev–Trinajstić information content (AvgIpc) is 3.40. The number of carbonyl (C=O) groups excluding carboxylic acids is 1. The van der Waals surface area contributed by atoms with Crippen molar-refractivity contribution in [2.45, 2.75) is 57.3 Å². The lowest BCUT2D eigenvalue weighted by atomic mass is 10.1. The van der Waals surface area contributed by atoms with Crippen molar-refractivity contribution in [2.75, 3.05) is 31.6 Å². The van der Waals surface area contributed by atoms with Crippen LogP contribution in [0.25, 0.3) is 33.6 Å². The van der Waals surface area contributed by atoms with Gasteiger partial charge in [0.25, 0.3) is 5.91 Å². The molecule has 1 amide bonds. The van der Waals surface area contributed by atoms with Crippen LogP contribution in [0, 0.1) is 17.8 Å². The zero-order valence-electron chi connectivity index (χ0n) is 26.1. The molecule has 4 aromatic heterocycles. The van der Waals surface area contributed by atoms with Gasteiger partial charge in [0.1, 0.15) is 16.9 Å². The first-order chi connectivity index (χ1) is 22.6. The average molecular weight is 618 g/mol. The summed E-state index contributed by atoms with van der Waals surface area (Å²) in [5.41, 5.74) is 10.8. The number of rotatable bonds is 8. The molecule has 5 aromatic rings. The Kier molecular flexibility index (Phi) is 6.52. The number of fused-ring (bicyclic) bond motifs is 4. The van der Waals surface area contributed by atoms with Crippen molar-refractivity contribution in [2.24, 2.45) is 23.5 Å². The third-order valence-electron chi connectivity index (χ3n) is 10.8. The highest BCUT2D eigenvalue weighted by molar-refractivity contribution is 6.00. The molecule has 0 spiro atoms. The van der Waals surface area contributed by atoms with E-state index in [1.165, 1.54) is 12.8 Å². The molecule has 1 aromatic carbocycles. The van der Waals surface area contributed by atoms with Crippen LogP contribution in [0.5, 0.6) is 5.75 Å². The number of methoxy groups -OCH3 is 1. The number of pyridine rings is 1. The molecule has 0 radical (unpaired) electrons. The van der Waals surface area contributed by atoms with Crippen molar-refractivity contribution >= 4 is 33.9 Å². The number of benzene rings is 1. The van der Waals surface area contributed by atoms with Gasteiger partial charge in [0.2, 0.25) is 5.95 Å². The van der Waals surface area contributed by atoms with Crippen LogP contribution in [0.3, 0.4) is 0 Å². The van der Waals surface area contributed by atoms with Gasteiger partial charge < -0.3 is 29.4 Å². The molecule has 2 aliphatic heterocycles. The van der Waals surface area contributed by atoms with Crippen molar-refractivity contribution in [1.82, 2.24) is 34.0 Å². The van der Waals surface area contributed by atoms with Gasteiger partial charge in [0.05, 0.1) is 18.3 Å². The molecule has 2 bridgehead atoms. The van der Waals surface area contributed by atoms with E-state index in [0.29, 0.717) is 29.1 Å². The number of aromatic nitrogens is 6. The number of carbonyl (C=O) groups is 1. The standard InChI is InChI=1S/C35H39N9O2/c1-46-29-16-25(34(45)43-20-24-7-8-27(43)30(24)36)14-26-31(29)44(19-22-9-13-41(17-22)35-38-11-3-12-39-35)33(40-26)28-15-23-4-2-10-37-32(23)42(28)18-21-5-6-21/h2-4,10-12,14-16,21-22,24,27,30H,5-9,13,17-20,36H2,1H3/t22-,24+,27+,30+/m0/s1. The van der Waals surface area contributed by atoms with E-state index in [-0.39, 0.29) is 18.0 Å². The molecule has 6 heterocycles. The van der Waals surface area contributed by atoms with Gasteiger partial charge in [0.15, 0.2) is 5.82 Å². The molecule has 4 fully saturated rings. The highest BCUT2D eigenvalue weighted by Gasteiger charge is 2.47. The number of hydrogen-bond acceptors (Lipinski definition) is 8. The molecule has 236 valence electrons. The Morgan fingerprint density at radius 2 is 1.76 bits per heavy atom. The molecule has 2 saturated heterocycles. The van der Waals surface area contributed by atoms with Crippen molar-refractivity contribution in [3.05, 3.63) is 60.6 Å². The summed E-state index contributed by atoms with van der Waals surface area (Å²) in [4.78, 5) is 37.3. The predicted octanol–water partition coefficient (Wildman–Crippen LogP) is 4.35. The van der Waals surface area contributed by atoms with Crippen LogP contribution in [0.4, 0.5) is 5.95 Å². The fraction of sp³-hybridized carbons (Fsp3) is 0.457. The van der Waals surface area contributed by atoms with Crippen LogP contribution in [0.2, 0.25) is 0 Å². The summed E-state index contributed by atoms with van der Waals surface area (Å²) in [6, 6.07) is 12.2. The van der Waals surface area contributed by atoms with Crippen LogP contribution >= 0.6 is 0 Å². The van der Waals surface area contributed by atoms with Crippen molar-refractivity contribution in [3.8, 4) is 17.3 Å². The molecule has 4 atom stereocenters. The zero-order valence-corrected chi connectivity index (χ0v) is 26.1. The summed E-state index contributed by atoms with van der Waals surface area (Å²) in [7, 11) is 1.69. The number of piperidine rings is 1. The summed E-state index contributed by atoms with van der Waals surface area (Å²) >= 11 is 0. The van der Waals surface area contributed by atoms with E-state index in [0.717, 1.165) is 91.5 Å². The molecule has 11 nitrogen and oxygen atoms in total. The summed E-state index contributed by atoms with van der Waals surface area (Å²) in [6.07, 6.45) is 11.0. The molecule has 2 saturated carbocycles. The van der Waals surface area contributed by atoms with Gasteiger partial charge in [-0.05, 0) is 86.3 Å². The largest absolute Gasteiger partial charge is 0.494 e. The van der Waals surface area contributed by atoms with E-state index in [2.05, 4.69) is 36.1 Å². The number of nitrogens with two attached hydrogens (primary N) is 1. The first-order valence-corrected chi connectivity index (χ1v) is 16.7. The lowest BCUT2D eigenvalue weighted by Gasteiger charge is -2.27. The molecule has 4 aliphatic rings. The SMILES string of the molecule is COc1cc(C(=O)N2C[C@H]3CC[C@@H]2[C@@H]3N)cc2nc(-c3cc4cccnc4n3CC3CC3)n(C[C@H]3CCN(c4ncccn4)C3)c12. The second-order valence-corrected chi connectivity index (χ2v) is 13.7. The molecule has 2 N–H and O–H groups in total. The lowest BCUT2D eigenvalue weighted by Crippen LogP contribution is -2.41. The summed E-state index contributed by atoms with van der Waals surface area (Å²) in [5.74, 6) is 3.73. The molecular formula is C35H39N9O2. The van der Waals surface area contributed by atoms with Gasteiger partial charge in [-0.3, -0.25) is 4.79 Å². The first-order valence-electron chi connectivity index (χ1n) is 16.7. The van der Waals surface area contributed by atoms with E-state index in [9.17, 15) is 4.79 Å². The Bertz CT molecular complexity index is 1950. The van der Waals surface area contributed by atoms with E-state index in [4.69, 9.17) is 20.4 Å². The number of likely N-dealkylation sites (tertiary alicyclic amines) is 1. The monoisotopic (exact) mass is 617 g/mol. The summed E-state index contributed by atoms with van der Waals surface area (Å²) in [5, 5.41) is 1.10. The van der Waals surface area contributed by atoms with Crippen molar-refractivity contribution < 1.29 is 9.53 Å². The topological polar surface area (TPSA) is 120 Å². The van der Waals surface area contributed by atoms with E-state index >= 15 is 0 Å². The highest BCUT2D eigenvalue weighted by Crippen LogP contribution is 2.41. The third kappa shape index (κ3) is 4.54. The van der Waals surface area contributed by atoms with E-state index in [1.807, 2.05) is 35.4 Å². The van der Waals surface area contributed by atoms with E-state index < -0.39 is 0 Å². The lowest BCUT2D eigenvalue weighted by molar-refractivity contribution is 0.0700.